The number of hydrogen-bond acceptors (Lipinski definition) is 4. The van der Waals surface area contributed by atoms with Crippen LogP contribution in [0.5, 0.6) is 0 Å². The summed E-state index contributed by atoms with van der Waals surface area (Å²) in [6, 6.07) is 7.67. The minimum absolute atomic E-state index is 0.0519. The van der Waals surface area contributed by atoms with Crippen LogP contribution >= 0.6 is 0 Å². The molecule has 2 aliphatic rings. The van der Waals surface area contributed by atoms with E-state index in [0.717, 1.165) is 18.4 Å². The summed E-state index contributed by atoms with van der Waals surface area (Å²) in [7, 11) is 1.39. The molecular formula is C16H21NO3. The number of methoxy groups -OCH3 is 1. The highest BCUT2D eigenvalue weighted by molar-refractivity contribution is 5.89. The van der Waals surface area contributed by atoms with Crippen molar-refractivity contribution in [3.05, 3.63) is 35.4 Å². The molecule has 1 aliphatic heterocycles. The second kappa shape index (κ2) is 5.54. The standard InChI is InChI=1S/C16H21NO3/c1-19-16(18)12-6-4-11(5-7-12)15-9-13(17)8-14(20-15)10-2-3-10/h4-7,10,13-15H,2-3,8-9,17H2,1H3/t13?,14-,15+/m0/s1. The molecule has 0 bridgehead atoms. The maximum Gasteiger partial charge on any atom is 0.337 e. The number of ether oxygens (including phenoxy) is 2. The van der Waals surface area contributed by atoms with Crippen molar-refractivity contribution in [1.82, 2.24) is 0 Å². The zero-order valence-corrected chi connectivity index (χ0v) is 11.7. The first kappa shape index (κ1) is 13.6. The van der Waals surface area contributed by atoms with E-state index in [1.165, 1.54) is 20.0 Å². The Bertz CT molecular complexity index is 481. The Morgan fingerprint density at radius 1 is 1.25 bits per heavy atom. The molecule has 3 rings (SSSR count). The number of esters is 1. The van der Waals surface area contributed by atoms with E-state index in [-0.39, 0.29) is 18.1 Å². The van der Waals surface area contributed by atoms with Gasteiger partial charge in [0.05, 0.1) is 24.9 Å². The predicted octanol–water partition coefficient (Wildman–Crippen LogP) is 2.43. The van der Waals surface area contributed by atoms with Gasteiger partial charge in [0.2, 0.25) is 0 Å². The Hall–Kier alpha value is -1.39. The van der Waals surface area contributed by atoms with E-state index in [4.69, 9.17) is 15.2 Å². The Labute approximate surface area is 119 Å². The first-order valence-corrected chi connectivity index (χ1v) is 7.26. The van der Waals surface area contributed by atoms with E-state index in [9.17, 15) is 4.79 Å². The highest BCUT2D eigenvalue weighted by Gasteiger charge is 2.38. The van der Waals surface area contributed by atoms with Gasteiger partial charge in [0.15, 0.2) is 0 Å². The van der Waals surface area contributed by atoms with Crippen molar-refractivity contribution in [3.63, 3.8) is 0 Å². The third kappa shape index (κ3) is 2.86. The molecule has 1 saturated heterocycles. The average molecular weight is 275 g/mol. The molecular weight excluding hydrogens is 254 g/mol. The van der Waals surface area contributed by atoms with Gasteiger partial charge in [-0.15, -0.1) is 0 Å². The Balaban J connectivity index is 1.72. The quantitative estimate of drug-likeness (QED) is 0.861. The van der Waals surface area contributed by atoms with E-state index in [2.05, 4.69) is 0 Å². The number of hydrogen-bond donors (Lipinski definition) is 1. The van der Waals surface area contributed by atoms with Gasteiger partial charge in [0.1, 0.15) is 0 Å². The lowest BCUT2D eigenvalue weighted by molar-refractivity contribution is -0.0685. The van der Waals surface area contributed by atoms with Crippen LogP contribution in [0.3, 0.4) is 0 Å². The van der Waals surface area contributed by atoms with Crippen LogP contribution in [0, 0.1) is 5.92 Å². The fourth-order valence-electron chi connectivity index (χ4n) is 2.93. The minimum atomic E-state index is -0.311. The largest absolute Gasteiger partial charge is 0.465 e. The Morgan fingerprint density at radius 3 is 2.55 bits per heavy atom. The van der Waals surface area contributed by atoms with Crippen molar-refractivity contribution in [2.75, 3.05) is 7.11 Å². The molecule has 1 aliphatic carbocycles. The molecule has 3 atom stereocenters. The summed E-state index contributed by atoms with van der Waals surface area (Å²) < 4.78 is 10.9. The van der Waals surface area contributed by atoms with Gasteiger partial charge in [-0.2, -0.15) is 0 Å². The number of carbonyl (C=O) groups excluding carboxylic acids is 1. The van der Waals surface area contributed by atoms with E-state index in [1.54, 1.807) is 12.1 Å². The van der Waals surface area contributed by atoms with Crippen molar-refractivity contribution in [1.29, 1.82) is 0 Å². The molecule has 1 saturated carbocycles. The zero-order chi connectivity index (χ0) is 14.1. The van der Waals surface area contributed by atoms with E-state index < -0.39 is 0 Å². The summed E-state index contributed by atoms with van der Waals surface area (Å²) in [6.07, 6.45) is 4.72. The fraction of sp³-hybridized carbons (Fsp3) is 0.562. The lowest BCUT2D eigenvalue weighted by atomic mass is 9.92. The van der Waals surface area contributed by atoms with Crippen molar-refractivity contribution in [2.45, 2.75) is 43.9 Å². The number of benzene rings is 1. The van der Waals surface area contributed by atoms with Crippen LogP contribution in [0.2, 0.25) is 0 Å². The summed E-state index contributed by atoms with van der Waals surface area (Å²) >= 11 is 0. The monoisotopic (exact) mass is 275 g/mol. The third-order valence-corrected chi connectivity index (χ3v) is 4.24. The van der Waals surface area contributed by atoms with Crippen LogP contribution in [0.4, 0.5) is 0 Å². The first-order valence-electron chi connectivity index (χ1n) is 7.26. The molecule has 0 amide bonds. The summed E-state index contributed by atoms with van der Waals surface area (Å²) in [6.45, 7) is 0. The van der Waals surface area contributed by atoms with Crippen LogP contribution in [0.1, 0.15) is 47.7 Å². The van der Waals surface area contributed by atoms with Crippen molar-refractivity contribution in [3.8, 4) is 0 Å². The van der Waals surface area contributed by atoms with Gasteiger partial charge in [0.25, 0.3) is 0 Å². The van der Waals surface area contributed by atoms with Crippen LogP contribution in [0.15, 0.2) is 24.3 Å². The fourth-order valence-corrected chi connectivity index (χ4v) is 2.93. The van der Waals surface area contributed by atoms with E-state index in [1.807, 2.05) is 12.1 Å². The summed E-state index contributed by atoms with van der Waals surface area (Å²) in [5.74, 6) is 0.395. The van der Waals surface area contributed by atoms with Crippen LogP contribution in [-0.4, -0.2) is 25.2 Å². The van der Waals surface area contributed by atoms with E-state index in [0.29, 0.717) is 17.6 Å². The second-order valence-electron chi connectivity index (χ2n) is 5.85. The number of nitrogens with two attached hydrogens (primary N) is 1. The van der Waals surface area contributed by atoms with Crippen molar-refractivity contribution >= 4 is 5.97 Å². The Kier molecular flexibility index (Phi) is 3.76. The second-order valence-corrected chi connectivity index (χ2v) is 5.85. The molecule has 0 radical (unpaired) electrons. The highest BCUT2D eigenvalue weighted by Crippen LogP contribution is 2.42. The highest BCUT2D eigenvalue weighted by atomic mass is 16.5. The maximum atomic E-state index is 11.4. The van der Waals surface area contributed by atoms with E-state index >= 15 is 0 Å². The molecule has 4 heteroatoms. The minimum Gasteiger partial charge on any atom is -0.465 e. The van der Waals surface area contributed by atoms with Gasteiger partial charge in [-0.25, -0.2) is 4.79 Å². The smallest absolute Gasteiger partial charge is 0.337 e. The van der Waals surface area contributed by atoms with Crippen LogP contribution < -0.4 is 5.73 Å². The molecule has 1 aromatic carbocycles. The van der Waals surface area contributed by atoms with Gasteiger partial charge in [-0.1, -0.05) is 12.1 Å². The zero-order valence-electron chi connectivity index (χ0n) is 11.7. The third-order valence-electron chi connectivity index (χ3n) is 4.24. The maximum absolute atomic E-state index is 11.4. The SMILES string of the molecule is COC(=O)c1ccc([C@H]2CC(N)C[C@@H](C3CC3)O2)cc1. The molecule has 20 heavy (non-hydrogen) atoms. The molecule has 0 aromatic heterocycles. The number of carbonyl (C=O) groups is 1. The lowest BCUT2D eigenvalue weighted by Crippen LogP contribution is -2.37. The first-order chi connectivity index (χ1) is 9.67. The molecule has 0 spiro atoms. The van der Waals surface area contributed by atoms with Gasteiger partial charge in [0, 0.05) is 6.04 Å². The number of rotatable bonds is 3. The molecule has 1 heterocycles. The molecule has 1 unspecified atom stereocenters. The Morgan fingerprint density at radius 2 is 1.95 bits per heavy atom. The van der Waals surface area contributed by atoms with Gasteiger partial charge >= 0.3 is 5.97 Å². The average Bonchev–Trinajstić information content (AvgIpc) is 3.30. The molecule has 2 N–H and O–H groups in total. The normalized spacial score (nSPS) is 30.0. The summed E-state index contributed by atoms with van der Waals surface area (Å²) in [5, 5.41) is 0. The van der Waals surface area contributed by atoms with Gasteiger partial charge in [-0.3, -0.25) is 0 Å². The lowest BCUT2D eigenvalue weighted by Gasteiger charge is -2.34. The summed E-state index contributed by atoms with van der Waals surface area (Å²) in [5.41, 5.74) is 7.82. The molecule has 2 fully saturated rings. The van der Waals surface area contributed by atoms with Gasteiger partial charge < -0.3 is 15.2 Å². The predicted molar refractivity (Wildman–Crippen MR) is 75.3 cm³/mol. The topological polar surface area (TPSA) is 61.5 Å². The molecule has 108 valence electrons. The van der Waals surface area contributed by atoms with Crippen LogP contribution in [0.25, 0.3) is 0 Å². The van der Waals surface area contributed by atoms with Crippen molar-refractivity contribution < 1.29 is 14.3 Å². The van der Waals surface area contributed by atoms with Gasteiger partial charge in [-0.05, 0) is 49.3 Å². The summed E-state index contributed by atoms with van der Waals surface area (Å²) in [4.78, 5) is 11.4. The van der Waals surface area contributed by atoms with Crippen LogP contribution in [-0.2, 0) is 9.47 Å². The molecule has 4 nitrogen and oxygen atoms in total. The molecule has 1 aromatic rings. The van der Waals surface area contributed by atoms with Crippen molar-refractivity contribution in [2.24, 2.45) is 11.7 Å².